The molecule has 0 saturated carbocycles. The highest BCUT2D eigenvalue weighted by molar-refractivity contribution is 5.81. The lowest BCUT2D eigenvalue weighted by Crippen LogP contribution is -2.16. The van der Waals surface area contributed by atoms with E-state index >= 15 is 0 Å². The first-order chi connectivity index (χ1) is 37.3. The molecule has 0 aromatic heterocycles. The largest absolute Gasteiger partial charge is 0.460 e. The molecule has 0 rings (SSSR count). The summed E-state index contributed by atoms with van der Waals surface area (Å²) in [5.74, 6) is -0.465. The van der Waals surface area contributed by atoms with E-state index in [-0.39, 0.29) is 6.61 Å². The molecule has 0 spiro atoms. The molecular weight excluding hydrogens is 1000 g/mol. The molecule has 0 aliphatic rings. The first kappa shape index (κ1) is 73.3. The molecular formula is C50H98O25. The van der Waals surface area contributed by atoms with Crippen LogP contribution in [0.3, 0.4) is 0 Å². The zero-order chi connectivity index (χ0) is 53.8. The van der Waals surface area contributed by atoms with E-state index in [0.717, 1.165) is 6.08 Å². The van der Waals surface area contributed by atoms with Crippen molar-refractivity contribution in [2.45, 2.75) is 0 Å². The van der Waals surface area contributed by atoms with Crippen LogP contribution in [-0.4, -0.2) is 317 Å². The molecule has 25 nitrogen and oxygen atoms in total. The molecule has 0 N–H and O–H groups in total. The van der Waals surface area contributed by atoms with Crippen molar-refractivity contribution in [2.75, 3.05) is 311 Å². The quantitative estimate of drug-likeness (QED) is 0.0463. The highest BCUT2D eigenvalue weighted by Gasteiger charge is 2.00. The maximum Gasteiger partial charge on any atom is 0.330 e. The molecule has 0 amide bonds. The SMILES string of the molecule is C=CC(=O)OCCOCCOCCOCCOCCOCCOCCOCCOCCOCCOCCOCCOCCOCCOCCOCCOCCOCCOCCOCCOCCOCCOCCOC. The van der Waals surface area contributed by atoms with Gasteiger partial charge in [-0.25, -0.2) is 4.79 Å². The second-order valence-electron chi connectivity index (χ2n) is 14.8. The number of rotatable bonds is 70. The fourth-order valence-corrected chi connectivity index (χ4v) is 5.12. The van der Waals surface area contributed by atoms with Gasteiger partial charge in [-0.2, -0.15) is 0 Å². The molecule has 0 aromatic rings. The summed E-state index contributed by atoms with van der Waals surface area (Å²) in [5.41, 5.74) is 0. The summed E-state index contributed by atoms with van der Waals surface area (Å²) in [4.78, 5) is 10.9. The van der Waals surface area contributed by atoms with Gasteiger partial charge < -0.3 is 114 Å². The van der Waals surface area contributed by atoms with Gasteiger partial charge in [0.15, 0.2) is 0 Å². The summed E-state index contributed by atoms with van der Waals surface area (Å²) in [6.45, 7) is 25.5. The molecule has 0 fully saturated rings. The van der Waals surface area contributed by atoms with Crippen LogP contribution in [0.15, 0.2) is 12.7 Å². The van der Waals surface area contributed by atoms with Gasteiger partial charge >= 0.3 is 5.97 Å². The van der Waals surface area contributed by atoms with Gasteiger partial charge in [-0.1, -0.05) is 6.58 Å². The summed E-state index contributed by atoms with van der Waals surface area (Å²) >= 11 is 0. The van der Waals surface area contributed by atoms with Crippen LogP contribution in [0.4, 0.5) is 0 Å². The third-order valence-electron chi connectivity index (χ3n) is 8.88. The monoisotopic (exact) mass is 1100 g/mol. The normalized spacial score (nSPS) is 11.6. The molecule has 0 saturated heterocycles. The van der Waals surface area contributed by atoms with Crippen molar-refractivity contribution in [2.24, 2.45) is 0 Å². The second kappa shape index (κ2) is 70.3. The van der Waals surface area contributed by atoms with Gasteiger partial charge in [0, 0.05) is 13.2 Å². The van der Waals surface area contributed by atoms with Crippen molar-refractivity contribution in [1.82, 2.24) is 0 Å². The predicted molar refractivity (Wildman–Crippen MR) is 271 cm³/mol. The Labute approximate surface area is 447 Å². The van der Waals surface area contributed by atoms with Gasteiger partial charge in [-0.3, -0.25) is 0 Å². The number of hydrogen-bond acceptors (Lipinski definition) is 25. The lowest BCUT2D eigenvalue weighted by molar-refractivity contribution is -0.139. The number of hydrogen-bond donors (Lipinski definition) is 0. The van der Waals surface area contributed by atoms with E-state index in [2.05, 4.69) is 6.58 Å². The topological polar surface area (TPSA) is 239 Å². The lowest BCUT2D eigenvalue weighted by atomic mass is 10.6. The van der Waals surface area contributed by atoms with Crippen LogP contribution in [0.5, 0.6) is 0 Å². The smallest absolute Gasteiger partial charge is 0.330 e. The van der Waals surface area contributed by atoms with Crippen LogP contribution in [0.25, 0.3) is 0 Å². The number of carbonyl (C=O) groups is 1. The minimum Gasteiger partial charge on any atom is -0.460 e. The Morgan fingerprint density at radius 2 is 0.320 bits per heavy atom. The Hall–Kier alpha value is -1.71. The Bertz CT molecular complexity index is 1060. The summed E-state index contributed by atoms with van der Waals surface area (Å²) < 4.78 is 130. The van der Waals surface area contributed by atoms with E-state index in [1.54, 1.807) is 7.11 Å². The van der Waals surface area contributed by atoms with E-state index in [1.165, 1.54) is 0 Å². The van der Waals surface area contributed by atoms with E-state index in [1.807, 2.05) is 0 Å². The Kier molecular flexibility index (Phi) is 68.7. The average molecular weight is 1100 g/mol. The fourth-order valence-electron chi connectivity index (χ4n) is 5.12. The molecule has 448 valence electrons. The molecule has 25 heteroatoms. The van der Waals surface area contributed by atoms with Crippen LogP contribution in [0.2, 0.25) is 0 Å². The Morgan fingerprint density at radius 3 is 0.427 bits per heavy atom. The summed E-state index contributed by atoms with van der Waals surface area (Å²) in [6, 6.07) is 0. The number of esters is 1. The number of carbonyl (C=O) groups excluding carboxylic acids is 1. The van der Waals surface area contributed by atoms with Crippen LogP contribution in [0.1, 0.15) is 0 Å². The first-order valence-corrected chi connectivity index (χ1v) is 26.3. The van der Waals surface area contributed by atoms with E-state index in [0.29, 0.717) is 297 Å². The Morgan fingerprint density at radius 1 is 0.213 bits per heavy atom. The summed E-state index contributed by atoms with van der Waals surface area (Å²) in [7, 11) is 1.64. The van der Waals surface area contributed by atoms with Crippen molar-refractivity contribution in [3.63, 3.8) is 0 Å². The summed E-state index contributed by atoms with van der Waals surface area (Å²) in [5, 5.41) is 0. The molecule has 75 heavy (non-hydrogen) atoms. The van der Waals surface area contributed by atoms with Crippen molar-refractivity contribution in [1.29, 1.82) is 0 Å². The van der Waals surface area contributed by atoms with Crippen molar-refractivity contribution >= 4 is 5.97 Å². The number of methoxy groups -OCH3 is 1. The van der Waals surface area contributed by atoms with Gasteiger partial charge in [-0.15, -0.1) is 0 Å². The first-order valence-electron chi connectivity index (χ1n) is 26.3. The zero-order valence-corrected chi connectivity index (χ0v) is 45.5. The van der Waals surface area contributed by atoms with Gasteiger partial charge in [0.1, 0.15) is 6.61 Å². The molecule has 0 aromatic carbocycles. The molecule has 0 aliphatic carbocycles. The molecule has 0 radical (unpaired) electrons. The maximum absolute atomic E-state index is 10.9. The average Bonchev–Trinajstić information content (AvgIpc) is 3.42. The van der Waals surface area contributed by atoms with Gasteiger partial charge in [0.05, 0.1) is 297 Å². The fraction of sp³-hybridized carbons (Fsp3) is 0.940. The maximum atomic E-state index is 10.9. The minimum atomic E-state index is -0.465. The van der Waals surface area contributed by atoms with E-state index < -0.39 is 5.97 Å². The van der Waals surface area contributed by atoms with Crippen molar-refractivity contribution < 1.29 is 118 Å². The highest BCUT2D eigenvalue weighted by Crippen LogP contribution is 1.91. The van der Waals surface area contributed by atoms with Crippen LogP contribution in [0, 0.1) is 0 Å². The Balaban J connectivity index is 3.08. The predicted octanol–water partition coefficient (Wildman–Crippen LogP) is 0.727. The van der Waals surface area contributed by atoms with Crippen molar-refractivity contribution in [3.8, 4) is 0 Å². The zero-order valence-electron chi connectivity index (χ0n) is 45.5. The second-order valence-corrected chi connectivity index (χ2v) is 14.8. The standard InChI is InChI=1S/C50H98O25/c1-3-50(51)75-49-48-74-47-46-73-45-44-72-43-42-71-41-40-70-39-38-69-37-36-68-35-34-67-33-32-66-31-30-65-29-28-64-27-26-63-25-24-62-23-22-61-21-20-60-19-18-59-17-16-58-15-14-57-13-12-56-11-10-55-9-8-54-7-6-53-5-4-52-2/h3H,1,4-49H2,2H3. The van der Waals surface area contributed by atoms with Gasteiger partial charge in [-0.05, 0) is 0 Å². The molecule has 0 heterocycles. The molecule has 0 unspecified atom stereocenters. The highest BCUT2D eigenvalue weighted by atomic mass is 16.6. The molecule has 0 atom stereocenters. The van der Waals surface area contributed by atoms with Gasteiger partial charge in [0.25, 0.3) is 0 Å². The van der Waals surface area contributed by atoms with E-state index in [4.69, 9.17) is 114 Å². The van der Waals surface area contributed by atoms with Crippen LogP contribution >= 0.6 is 0 Å². The number of ether oxygens (including phenoxy) is 24. The van der Waals surface area contributed by atoms with Crippen LogP contribution < -0.4 is 0 Å². The lowest BCUT2D eigenvalue weighted by Gasteiger charge is -2.09. The van der Waals surface area contributed by atoms with Gasteiger partial charge in [0.2, 0.25) is 0 Å². The van der Waals surface area contributed by atoms with Crippen LogP contribution in [-0.2, 0) is 118 Å². The van der Waals surface area contributed by atoms with E-state index in [9.17, 15) is 4.79 Å². The third kappa shape index (κ3) is 70.3. The van der Waals surface area contributed by atoms with Crippen molar-refractivity contribution in [3.05, 3.63) is 12.7 Å². The summed E-state index contributed by atoms with van der Waals surface area (Å²) in [6.07, 6.45) is 1.11. The molecule has 0 aliphatic heterocycles. The molecule has 0 bridgehead atoms. The third-order valence-corrected chi connectivity index (χ3v) is 8.88. The minimum absolute atomic E-state index is 0.190.